The molecule has 3 aromatic carbocycles. The number of benzene rings is 3. The quantitative estimate of drug-likeness (QED) is 0.261. The van der Waals surface area contributed by atoms with Gasteiger partial charge in [-0.15, -0.1) is 0 Å². The Morgan fingerprint density at radius 1 is 0.879 bits per heavy atom. The summed E-state index contributed by atoms with van der Waals surface area (Å²) in [4.78, 5) is 0. The van der Waals surface area contributed by atoms with Crippen LogP contribution in [0.2, 0.25) is 0 Å². The maximum Gasteiger partial charge on any atom is 0.216 e. The minimum Gasteiger partial charge on any atom is -0.455 e. The number of nitrogens with zero attached hydrogens (tertiary/aromatic N) is 1. The molecule has 33 heavy (non-hydrogen) atoms. The second kappa shape index (κ2) is 7.80. The Morgan fingerprint density at radius 2 is 1.61 bits per heavy atom. The van der Waals surface area contributed by atoms with Crippen LogP contribution < -0.4 is 4.57 Å². The van der Waals surface area contributed by atoms with Crippen molar-refractivity contribution in [2.45, 2.75) is 33.6 Å². The third-order valence-electron chi connectivity index (χ3n) is 6.48. The number of hydrogen-bond acceptors (Lipinski definition) is 1. The summed E-state index contributed by atoms with van der Waals surface area (Å²) in [7, 11) is 2.00. The standard InChI is InChI=1S/C29H26F2NO/c1-16(2)19-7-9-20(10-8-19)23-14-25(32(5)15-18(23)4)27-17(3)6-11-22-28-24(31)12-21(30)13-26(28)33-29(22)27/h6-16H,1-5H3/q+1. The zero-order valence-corrected chi connectivity index (χ0v) is 19.5. The molecule has 2 heterocycles. The van der Waals surface area contributed by atoms with Crippen LogP contribution in [0.15, 0.2) is 65.2 Å². The van der Waals surface area contributed by atoms with Crippen molar-refractivity contribution in [1.29, 1.82) is 0 Å². The molecule has 0 aliphatic carbocycles. The van der Waals surface area contributed by atoms with Crippen molar-refractivity contribution in [1.82, 2.24) is 0 Å². The molecule has 0 spiro atoms. The van der Waals surface area contributed by atoms with Gasteiger partial charge in [0, 0.05) is 29.1 Å². The molecule has 0 unspecified atom stereocenters. The molecule has 0 aliphatic heterocycles. The van der Waals surface area contributed by atoms with Crippen LogP contribution in [0.4, 0.5) is 8.78 Å². The molecular formula is C29H26F2NO+. The molecule has 4 heteroatoms. The number of halogens is 2. The molecule has 0 saturated carbocycles. The SMILES string of the molecule is Cc1c[n+](C)c(-c2c(C)ccc3c2oc2cc(F)cc(F)c23)cc1-c1ccc(C(C)C)cc1. The molecule has 2 aromatic heterocycles. The zero-order valence-electron chi connectivity index (χ0n) is 19.5. The predicted octanol–water partition coefficient (Wildman–Crippen LogP) is 7.76. The van der Waals surface area contributed by atoms with Gasteiger partial charge in [0.05, 0.1) is 10.9 Å². The van der Waals surface area contributed by atoms with E-state index in [1.54, 1.807) is 0 Å². The normalized spacial score (nSPS) is 11.8. The van der Waals surface area contributed by atoms with Crippen LogP contribution >= 0.6 is 0 Å². The molecule has 5 aromatic rings. The van der Waals surface area contributed by atoms with Gasteiger partial charge in [-0.2, -0.15) is 0 Å². The van der Waals surface area contributed by atoms with Crippen molar-refractivity contribution in [2.24, 2.45) is 7.05 Å². The van der Waals surface area contributed by atoms with Crippen molar-refractivity contribution in [2.75, 3.05) is 0 Å². The molecule has 0 amide bonds. The van der Waals surface area contributed by atoms with Crippen molar-refractivity contribution < 1.29 is 17.8 Å². The van der Waals surface area contributed by atoms with Crippen LogP contribution in [0.5, 0.6) is 0 Å². The highest BCUT2D eigenvalue weighted by Crippen LogP contribution is 2.39. The number of furan rings is 1. The minimum atomic E-state index is -0.648. The van der Waals surface area contributed by atoms with E-state index in [0.29, 0.717) is 22.3 Å². The summed E-state index contributed by atoms with van der Waals surface area (Å²) in [6.07, 6.45) is 2.10. The topological polar surface area (TPSA) is 17.0 Å². The fraction of sp³-hybridized carbons (Fsp3) is 0.207. The van der Waals surface area contributed by atoms with Gasteiger partial charge in [0.2, 0.25) is 5.69 Å². The molecule has 5 rings (SSSR count). The highest BCUT2D eigenvalue weighted by Gasteiger charge is 2.24. The summed E-state index contributed by atoms with van der Waals surface area (Å²) in [5.41, 5.74) is 8.34. The summed E-state index contributed by atoms with van der Waals surface area (Å²) >= 11 is 0. The average molecular weight is 443 g/mol. The Balaban J connectivity index is 1.77. The fourth-order valence-electron chi connectivity index (χ4n) is 4.69. The van der Waals surface area contributed by atoms with Crippen LogP contribution in [-0.4, -0.2) is 0 Å². The fourth-order valence-corrected chi connectivity index (χ4v) is 4.69. The minimum absolute atomic E-state index is 0.216. The molecule has 0 atom stereocenters. The second-order valence-electron chi connectivity index (χ2n) is 9.14. The lowest BCUT2D eigenvalue weighted by atomic mass is 9.94. The third kappa shape index (κ3) is 3.50. The molecule has 166 valence electrons. The lowest BCUT2D eigenvalue weighted by Gasteiger charge is -2.11. The van der Waals surface area contributed by atoms with Crippen LogP contribution in [-0.2, 0) is 7.05 Å². The van der Waals surface area contributed by atoms with Gasteiger partial charge in [-0.25, -0.2) is 13.3 Å². The van der Waals surface area contributed by atoms with E-state index in [0.717, 1.165) is 39.6 Å². The van der Waals surface area contributed by atoms with Crippen LogP contribution in [0.3, 0.4) is 0 Å². The first-order valence-corrected chi connectivity index (χ1v) is 11.2. The van der Waals surface area contributed by atoms with Gasteiger partial charge in [-0.05, 0) is 42.0 Å². The first-order chi connectivity index (χ1) is 15.7. The van der Waals surface area contributed by atoms with Crippen molar-refractivity contribution in [3.63, 3.8) is 0 Å². The highest BCUT2D eigenvalue weighted by atomic mass is 19.1. The monoisotopic (exact) mass is 442 g/mol. The summed E-state index contributed by atoms with van der Waals surface area (Å²) in [6.45, 7) is 8.48. The lowest BCUT2D eigenvalue weighted by Crippen LogP contribution is -2.31. The Bertz CT molecular complexity index is 1530. The predicted molar refractivity (Wildman–Crippen MR) is 129 cm³/mol. The van der Waals surface area contributed by atoms with E-state index >= 15 is 0 Å². The van der Waals surface area contributed by atoms with E-state index in [2.05, 4.69) is 61.9 Å². The van der Waals surface area contributed by atoms with E-state index in [9.17, 15) is 8.78 Å². The second-order valence-corrected chi connectivity index (χ2v) is 9.14. The van der Waals surface area contributed by atoms with Crippen LogP contribution in [0.1, 0.15) is 36.5 Å². The molecular weight excluding hydrogens is 416 g/mol. The summed E-state index contributed by atoms with van der Waals surface area (Å²) < 4.78 is 36.6. The van der Waals surface area contributed by atoms with Gasteiger partial charge in [-0.1, -0.05) is 50.2 Å². The Morgan fingerprint density at radius 3 is 2.30 bits per heavy atom. The van der Waals surface area contributed by atoms with E-state index in [1.807, 2.05) is 26.1 Å². The number of aromatic nitrogens is 1. The number of rotatable bonds is 3. The summed E-state index contributed by atoms with van der Waals surface area (Å²) in [6, 6.07) is 16.8. The highest BCUT2D eigenvalue weighted by molar-refractivity contribution is 6.10. The number of aryl methyl sites for hydroxylation is 3. The number of hydrogen-bond donors (Lipinski definition) is 0. The van der Waals surface area contributed by atoms with E-state index in [4.69, 9.17) is 4.42 Å². The molecule has 0 N–H and O–H groups in total. The van der Waals surface area contributed by atoms with Crippen molar-refractivity contribution >= 4 is 21.9 Å². The molecule has 0 aliphatic rings. The molecule has 2 nitrogen and oxygen atoms in total. The first-order valence-electron chi connectivity index (χ1n) is 11.2. The lowest BCUT2D eigenvalue weighted by molar-refractivity contribution is -0.660. The molecule has 0 fully saturated rings. The smallest absolute Gasteiger partial charge is 0.216 e. The number of fused-ring (bicyclic) bond motifs is 3. The van der Waals surface area contributed by atoms with Crippen LogP contribution in [0.25, 0.3) is 44.3 Å². The maximum absolute atomic E-state index is 14.6. The van der Waals surface area contributed by atoms with Gasteiger partial charge >= 0.3 is 0 Å². The van der Waals surface area contributed by atoms with Gasteiger partial charge in [0.1, 0.15) is 29.8 Å². The van der Waals surface area contributed by atoms with E-state index in [-0.39, 0.29) is 5.58 Å². The Kier molecular flexibility index (Phi) is 5.04. The summed E-state index contributed by atoms with van der Waals surface area (Å²) in [5.74, 6) is -0.786. The van der Waals surface area contributed by atoms with Crippen LogP contribution in [0, 0.1) is 25.5 Å². The zero-order chi connectivity index (χ0) is 23.4. The third-order valence-corrected chi connectivity index (χ3v) is 6.48. The van der Waals surface area contributed by atoms with Gasteiger partial charge in [0.25, 0.3) is 0 Å². The van der Waals surface area contributed by atoms with Gasteiger partial charge < -0.3 is 4.42 Å². The first kappa shape index (κ1) is 21.3. The van der Waals surface area contributed by atoms with Crippen molar-refractivity contribution in [3.05, 3.63) is 89.1 Å². The average Bonchev–Trinajstić information content (AvgIpc) is 3.13. The molecule has 0 saturated heterocycles. The molecule has 0 bridgehead atoms. The Hall–Kier alpha value is -3.53. The Labute approximate surface area is 192 Å². The molecule has 0 radical (unpaired) electrons. The van der Waals surface area contributed by atoms with E-state index < -0.39 is 11.6 Å². The maximum atomic E-state index is 14.6. The van der Waals surface area contributed by atoms with Gasteiger partial charge in [0.15, 0.2) is 6.20 Å². The van der Waals surface area contributed by atoms with Gasteiger partial charge in [-0.3, -0.25) is 0 Å². The summed E-state index contributed by atoms with van der Waals surface area (Å²) in [5, 5.41) is 0.957. The van der Waals surface area contributed by atoms with Crippen molar-refractivity contribution in [3.8, 4) is 22.4 Å². The largest absolute Gasteiger partial charge is 0.455 e. The number of pyridine rings is 1. The van der Waals surface area contributed by atoms with E-state index in [1.165, 1.54) is 11.6 Å².